The summed E-state index contributed by atoms with van der Waals surface area (Å²) in [6.07, 6.45) is 0. The molecule has 0 spiro atoms. The van der Waals surface area contributed by atoms with Gasteiger partial charge in [0.2, 0.25) is 0 Å². The van der Waals surface area contributed by atoms with Crippen LogP contribution in [0.1, 0.15) is 31.1 Å². The van der Waals surface area contributed by atoms with Crippen LogP contribution in [0, 0.1) is 0 Å². The third-order valence-electron chi connectivity index (χ3n) is 3.33. The smallest absolute Gasteiger partial charge is 0.545 e. The van der Waals surface area contributed by atoms with Gasteiger partial charge in [-0.1, -0.05) is 36.4 Å². The van der Waals surface area contributed by atoms with Crippen LogP contribution in [0.4, 0.5) is 0 Å². The average Bonchev–Trinajstić information content (AvgIpc) is 2.70. The van der Waals surface area contributed by atoms with Gasteiger partial charge in [0.15, 0.2) is 0 Å². The molecule has 0 unspecified atom stereocenters. The molecular weight excluding hydrogens is 371 g/mol. The van der Waals surface area contributed by atoms with Crippen LogP contribution in [-0.2, 0) is 0 Å². The number of carbonyl (C=O) groups excluding carboxylic acids is 2. The minimum absolute atomic E-state index is 0. The van der Waals surface area contributed by atoms with Crippen LogP contribution in [-0.4, -0.2) is 23.0 Å². The van der Waals surface area contributed by atoms with Crippen LogP contribution in [0.3, 0.4) is 0 Å². The fourth-order valence-electron chi connectivity index (χ4n) is 1.98. The summed E-state index contributed by atoms with van der Waals surface area (Å²) >= 11 is 0. The van der Waals surface area contributed by atoms with Gasteiger partial charge in [0.25, 0.3) is 0 Å². The zero-order valence-corrected chi connectivity index (χ0v) is 17.1. The van der Waals surface area contributed by atoms with E-state index < -0.39 is 17.9 Å². The summed E-state index contributed by atoms with van der Waals surface area (Å²) < 4.78 is 5.08. The van der Waals surface area contributed by atoms with Crippen LogP contribution in [0.2, 0.25) is 0 Å². The van der Waals surface area contributed by atoms with Crippen molar-refractivity contribution in [3.63, 3.8) is 0 Å². The van der Waals surface area contributed by atoms with E-state index in [9.17, 15) is 19.5 Å². The number of ether oxygens (including phenoxy) is 1. The van der Waals surface area contributed by atoms with Crippen LogP contribution < -0.4 is 39.4 Å². The normalized spacial score (nSPS) is 9.14. The van der Waals surface area contributed by atoms with E-state index in [1.165, 1.54) is 24.3 Å². The Morgan fingerprint density at radius 1 is 0.679 bits per heavy atom. The number of aromatic carboxylic acids is 2. The maximum absolute atomic E-state index is 11.7. The fraction of sp³-hybridized carbons (Fsp3) is 0. The van der Waals surface area contributed by atoms with Gasteiger partial charge in [-0.2, -0.15) is 0 Å². The molecule has 0 atom stereocenters. The molecule has 0 saturated heterocycles. The first-order valence-electron chi connectivity index (χ1n) is 7.84. The van der Waals surface area contributed by atoms with Crippen molar-refractivity contribution in [3.05, 3.63) is 102 Å². The van der Waals surface area contributed by atoms with Gasteiger partial charge in [0.1, 0.15) is 5.75 Å². The molecular formula is C21H15NaO6. The van der Waals surface area contributed by atoms with Crippen molar-refractivity contribution in [1.29, 1.82) is 0 Å². The molecule has 0 bridgehead atoms. The van der Waals surface area contributed by atoms with E-state index in [1.54, 1.807) is 60.7 Å². The molecule has 3 rings (SSSR count). The standard InChI is InChI=1S/C14H10O4.C7H6O2.Na/c15-13(16)10-6-8-12(9-7-10)18-14(17)11-4-2-1-3-5-11;8-7(9)6-4-2-1-3-5-6;/h1-9H,(H,15,16);1-5H,(H,8,9);/q;;+1/p-1. The Labute approximate surface area is 183 Å². The van der Waals surface area contributed by atoms with Crippen LogP contribution in [0.25, 0.3) is 0 Å². The molecule has 0 fully saturated rings. The molecule has 1 N–H and O–H groups in total. The second kappa shape index (κ2) is 11.7. The van der Waals surface area contributed by atoms with Crippen LogP contribution in [0.15, 0.2) is 84.9 Å². The summed E-state index contributed by atoms with van der Waals surface area (Å²) in [6.45, 7) is 0. The molecule has 3 aromatic carbocycles. The van der Waals surface area contributed by atoms with E-state index in [4.69, 9.17) is 9.84 Å². The molecule has 0 aliphatic carbocycles. The Balaban J connectivity index is 0.000000332. The van der Waals surface area contributed by atoms with E-state index in [0.29, 0.717) is 11.1 Å². The predicted molar refractivity (Wildman–Crippen MR) is 95.6 cm³/mol. The number of carboxylic acid groups (broad SMARTS) is 2. The summed E-state index contributed by atoms with van der Waals surface area (Å²) in [5, 5.41) is 18.9. The molecule has 0 amide bonds. The van der Waals surface area contributed by atoms with E-state index in [1.807, 2.05) is 0 Å². The van der Waals surface area contributed by atoms with Crippen molar-refractivity contribution in [1.82, 2.24) is 0 Å². The van der Waals surface area contributed by atoms with Gasteiger partial charge in [-0.15, -0.1) is 0 Å². The topological polar surface area (TPSA) is 104 Å². The van der Waals surface area contributed by atoms with Crippen molar-refractivity contribution in [2.24, 2.45) is 0 Å². The first-order valence-corrected chi connectivity index (χ1v) is 7.84. The van der Waals surface area contributed by atoms with Crippen molar-refractivity contribution in [3.8, 4) is 5.75 Å². The predicted octanol–water partition coefficient (Wildman–Crippen LogP) is -0.342. The van der Waals surface area contributed by atoms with Crippen LogP contribution in [0.5, 0.6) is 5.75 Å². The molecule has 28 heavy (non-hydrogen) atoms. The van der Waals surface area contributed by atoms with Crippen molar-refractivity contribution < 1.29 is 58.9 Å². The van der Waals surface area contributed by atoms with Crippen molar-refractivity contribution >= 4 is 17.9 Å². The molecule has 0 heterocycles. The summed E-state index contributed by atoms with van der Waals surface area (Å²) in [7, 11) is 0. The monoisotopic (exact) mass is 386 g/mol. The first kappa shape index (κ1) is 23.1. The van der Waals surface area contributed by atoms with Crippen molar-refractivity contribution in [2.75, 3.05) is 0 Å². The number of rotatable bonds is 4. The molecule has 0 saturated carbocycles. The second-order valence-corrected chi connectivity index (χ2v) is 5.24. The van der Waals surface area contributed by atoms with Gasteiger partial charge >= 0.3 is 41.5 Å². The van der Waals surface area contributed by atoms with E-state index in [2.05, 4.69) is 0 Å². The van der Waals surface area contributed by atoms with E-state index in [0.717, 1.165) is 0 Å². The Morgan fingerprint density at radius 2 is 1.14 bits per heavy atom. The second-order valence-electron chi connectivity index (χ2n) is 5.24. The molecule has 3 aromatic rings. The zero-order chi connectivity index (χ0) is 19.6. The van der Waals surface area contributed by atoms with Gasteiger partial charge < -0.3 is 19.7 Å². The molecule has 7 heteroatoms. The minimum atomic E-state index is -1.27. The number of esters is 1. The Kier molecular flexibility index (Phi) is 9.67. The number of hydrogen-bond acceptors (Lipinski definition) is 5. The van der Waals surface area contributed by atoms with Crippen LogP contribution >= 0.6 is 0 Å². The fourth-order valence-corrected chi connectivity index (χ4v) is 1.98. The average molecular weight is 386 g/mol. The molecule has 0 aromatic heterocycles. The molecule has 6 nitrogen and oxygen atoms in total. The summed E-state index contributed by atoms with van der Waals surface area (Å²) in [5.41, 5.74) is 0.800. The number of carboxylic acids is 2. The largest absolute Gasteiger partial charge is 1.00 e. The summed E-state index contributed by atoms with van der Waals surface area (Å²) in [4.78, 5) is 32.4. The molecule has 0 aliphatic rings. The van der Waals surface area contributed by atoms with E-state index in [-0.39, 0.29) is 40.9 Å². The Bertz CT molecular complexity index is 909. The minimum Gasteiger partial charge on any atom is -0.545 e. The van der Waals surface area contributed by atoms with E-state index >= 15 is 0 Å². The third-order valence-corrected chi connectivity index (χ3v) is 3.33. The maximum atomic E-state index is 11.7. The zero-order valence-electron chi connectivity index (χ0n) is 15.1. The summed E-state index contributed by atoms with van der Waals surface area (Å²) in [5.74, 6) is -2.35. The summed E-state index contributed by atoms with van der Waals surface area (Å²) in [6, 6.07) is 22.3. The molecule has 0 aliphatic heterocycles. The van der Waals surface area contributed by atoms with Gasteiger partial charge in [0.05, 0.1) is 17.1 Å². The van der Waals surface area contributed by atoms with Crippen molar-refractivity contribution in [2.45, 2.75) is 0 Å². The first-order chi connectivity index (χ1) is 13.0. The quantitative estimate of drug-likeness (QED) is 0.374. The maximum Gasteiger partial charge on any atom is 1.00 e. The molecule has 136 valence electrons. The van der Waals surface area contributed by atoms with Gasteiger partial charge in [-0.3, -0.25) is 0 Å². The third kappa shape index (κ3) is 7.36. The SMILES string of the molecule is O=C(O)c1ccccc1.O=C([O-])c1ccc(OC(=O)c2ccccc2)cc1.[Na+]. The number of carbonyl (C=O) groups is 3. The Hall–Kier alpha value is -2.93. The number of hydrogen-bond donors (Lipinski definition) is 1. The van der Waals surface area contributed by atoms with Gasteiger partial charge in [0, 0.05) is 0 Å². The number of benzene rings is 3. The van der Waals surface area contributed by atoms with Gasteiger partial charge in [-0.05, 0) is 54.1 Å². The van der Waals surface area contributed by atoms with Gasteiger partial charge in [-0.25, -0.2) is 9.59 Å². The Morgan fingerprint density at radius 3 is 1.54 bits per heavy atom. The molecule has 0 radical (unpaired) electrons.